The van der Waals surface area contributed by atoms with Gasteiger partial charge >= 0.3 is 16.4 Å². The number of carbonyl (C=O) groups is 1. The van der Waals surface area contributed by atoms with Crippen LogP contribution in [-0.2, 0) is 38.3 Å². The van der Waals surface area contributed by atoms with Crippen molar-refractivity contribution in [2.75, 3.05) is 26.4 Å². The molecule has 1 heterocycles. The van der Waals surface area contributed by atoms with Crippen LogP contribution in [-0.4, -0.2) is 97.5 Å². The summed E-state index contributed by atoms with van der Waals surface area (Å²) in [6.45, 7) is 4.02. The predicted octanol–water partition coefficient (Wildman–Crippen LogP) is 14.9. The van der Waals surface area contributed by atoms with Crippen LogP contribution in [0.25, 0.3) is 0 Å². The molecule has 0 saturated carbocycles. The fourth-order valence-corrected chi connectivity index (χ4v) is 9.74. The molecule has 0 aromatic rings. The third kappa shape index (κ3) is 42.5. The first-order valence-corrected chi connectivity index (χ1v) is 31.1. The summed E-state index contributed by atoms with van der Waals surface area (Å²) in [6.07, 6.45) is 53.3. The molecule has 0 spiro atoms. The van der Waals surface area contributed by atoms with Gasteiger partial charge in [0.25, 0.3) is 0 Å². The number of allylic oxidation sites excluding steroid dienone is 6. The molecule has 0 amide bonds. The van der Waals surface area contributed by atoms with Gasteiger partial charge in [0.15, 0.2) is 6.29 Å². The van der Waals surface area contributed by atoms with E-state index in [0.717, 1.165) is 44.9 Å². The molecule has 6 unspecified atom stereocenters. The van der Waals surface area contributed by atoms with Crippen LogP contribution in [0, 0.1) is 0 Å². The Labute approximate surface area is 441 Å². The Bertz CT molecular complexity index is 1390. The Morgan fingerprint density at radius 2 is 0.917 bits per heavy atom. The minimum Gasteiger partial charge on any atom is -0.457 e. The first kappa shape index (κ1) is 68.3. The number of hydrogen-bond acceptors (Lipinski definition) is 11. The van der Waals surface area contributed by atoms with Crippen molar-refractivity contribution in [3.63, 3.8) is 0 Å². The van der Waals surface area contributed by atoms with Crippen LogP contribution < -0.4 is 0 Å². The highest BCUT2D eigenvalue weighted by molar-refractivity contribution is 7.80. The monoisotopic (exact) mass is 1040 g/mol. The Balaban J connectivity index is 2.27. The fraction of sp³-hybridized carbons (Fsp3) is 0.881. The molecule has 424 valence electrons. The van der Waals surface area contributed by atoms with Gasteiger partial charge in [0, 0.05) is 13.0 Å². The van der Waals surface area contributed by atoms with Gasteiger partial charge in [0.2, 0.25) is 0 Å². The first-order valence-electron chi connectivity index (χ1n) is 29.7. The standard InChI is InChI=1S/C59H110O12S/c1-3-5-7-9-11-13-15-17-19-21-23-24-25-26-27-28-29-31-33-35-37-39-41-43-45-47-49-67-51-53(52-68-59-57(63)58(71-72(64,65)66)56(62)54(50-60)70-59)69-55(61)48-46-44-42-40-38-36-34-32-30-22-20-18-16-14-12-10-8-6-4-2/h15,17-18,20-21,23,53-54,56-60,62-63H,3-14,16,19,22,24-52H2,1-2H3,(H,64,65,66)/b17-15-,20-18-,23-21-. The third-order valence-corrected chi connectivity index (χ3v) is 14.2. The van der Waals surface area contributed by atoms with Gasteiger partial charge in [-0.25, -0.2) is 4.18 Å². The van der Waals surface area contributed by atoms with Crippen LogP contribution in [0.15, 0.2) is 36.5 Å². The number of aliphatic hydroxyl groups is 3. The second kappa shape index (κ2) is 50.2. The van der Waals surface area contributed by atoms with E-state index >= 15 is 0 Å². The zero-order chi connectivity index (χ0) is 52.4. The molecule has 1 fully saturated rings. The zero-order valence-electron chi connectivity index (χ0n) is 46.0. The average Bonchev–Trinajstić information content (AvgIpc) is 3.36. The topological polar surface area (TPSA) is 178 Å². The van der Waals surface area contributed by atoms with Crippen molar-refractivity contribution in [2.24, 2.45) is 0 Å². The van der Waals surface area contributed by atoms with Crippen LogP contribution in [0.4, 0.5) is 0 Å². The van der Waals surface area contributed by atoms with E-state index in [1.54, 1.807) is 0 Å². The quantitative estimate of drug-likeness (QED) is 0.0196. The normalized spacial score (nSPS) is 19.1. The van der Waals surface area contributed by atoms with Gasteiger partial charge < -0.3 is 34.3 Å². The molecular formula is C59H110O12S. The van der Waals surface area contributed by atoms with E-state index in [0.29, 0.717) is 13.0 Å². The minimum atomic E-state index is -5.07. The number of rotatable bonds is 53. The van der Waals surface area contributed by atoms with Crippen molar-refractivity contribution < 1.29 is 56.2 Å². The van der Waals surface area contributed by atoms with Gasteiger partial charge in [-0.2, -0.15) is 8.42 Å². The summed E-state index contributed by atoms with van der Waals surface area (Å²) in [5.74, 6) is -0.397. The Hall–Kier alpha value is -1.68. The molecule has 0 aromatic heterocycles. The Morgan fingerprint density at radius 1 is 0.528 bits per heavy atom. The largest absolute Gasteiger partial charge is 0.457 e. The highest BCUT2D eigenvalue weighted by Crippen LogP contribution is 2.26. The number of hydrogen-bond donors (Lipinski definition) is 4. The summed E-state index contributed by atoms with van der Waals surface area (Å²) in [5.41, 5.74) is 0. The predicted molar refractivity (Wildman–Crippen MR) is 294 cm³/mol. The molecule has 6 atom stereocenters. The summed E-state index contributed by atoms with van der Waals surface area (Å²) in [7, 11) is -5.07. The Kier molecular flexibility index (Phi) is 47.6. The maximum atomic E-state index is 13.0. The van der Waals surface area contributed by atoms with Crippen LogP contribution >= 0.6 is 0 Å². The number of ether oxygens (including phenoxy) is 4. The van der Waals surface area contributed by atoms with Crippen molar-refractivity contribution >= 4 is 16.4 Å². The van der Waals surface area contributed by atoms with Gasteiger partial charge in [-0.15, -0.1) is 0 Å². The fourth-order valence-electron chi connectivity index (χ4n) is 9.23. The summed E-state index contributed by atoms with van der Waals surface area (Å²) in [6, 6.07) is 0. The number of esters is 1. The van der Waals surface area contributed by atoms with Crippen LogP contribution in [0.5, 0.6) is 0 Å². The summed E-state index contributed by atoms with van der Waals surface area (Å²) < 4.78 is 59.5. The van der Waals surface area contributed by atoms with E-state index in [9.17, 15) is 33.1 Å². The highest BCUT2D eigenvalue weighted by Gasteiger charge is 2.48. The van der Waals surface area contributed by atoms with E-state index in [4.69, 9.17) is 18.9 Å². The van der Waals surface area contributed by atoms with Gasteiger partial charge in [-0.3, -0.25) is 9.35 Å². The van der Waals surface area contributed by atoms with Crippen LogP contribution in [0.3, 0.4) is 0 Å². The molecule has 4 N–H and O–H groups in total. The van der Waals surface area contributed by atoms with E-state index in [-0.39, 0.29) is 19.6 Å². The molecule has 1 rings (SSSR count). The number of unbranched alkanes of at least 4 members (excludes halogenated alkanes) is 34. The van der Waals surface area contributed by atoms with Crippen LogP contribution in [0.1, 0.15) is 271 Å². The molecule has 0 bridgehead atoms. The summed E-state index contributed by atoms with van der Waals surface area (Å²) >= 11 is 0. The number of carbonyl (C=O) groups excluding carboxylic acids is 1. The van der Waals surface area contributed by atoms with Crippen LogP contribution in [0.2, 0.25) is 0 Å². The van der Waals surface area contributed by atoms with E-state index in [1.807, 2.05) is 0 Å². The third-order valence-electron chi connectivity index (χ3n) is 13.7. The van der Waals surface area contributed by atoms with Gasteiger partial charge in [0.1, 0.15) is 30.5 Å². The van der Waals surface area contributed by atoms with E-state index in [2.05, 4.69) is 54.5 Å². The van der Waals surface area contributed by atoms with E-state index < -0.39 is 59.8 Å². The molecule has 12 nitrogen and oxygen atoms in total. The van der Waals surface area contributed by atoms with Gasteiger partial charge in [-0.05, 0) is 70.6 Å². The second-order valence-electron chi connectivity index (χ2n) is 20.6. The molecule has 0 aliphatic carbocycles. The molecule has 72 heavy (non-hydrogen) atoms. The maximum Gasteiger partial charge on any atom is 0.397 e. The SMILES string of the molecule is CCCCCCC/C=C\C/C=C\CCCCCCCCCCCCCCCCOCC(COC1OC(CO)C(O)C(OS(=O)(=O)O)C1O)OC(=O)CCCCCCCCCCC/C=C\CCCCCCCC. The lowest BCUT2D eigenvalue weighted by Gasteiger charge is -2.41. The zero-order valence-corrected chi connectivity index (χ0v) is 46.8. The Morgan fingerprint density at radius 3 is 1.33 bits per heavy atom. The van der Waals surface area contributed by atoms with Crippen molar-refractivity contribution in [1.82, 2.24) is 0 Å². The van der Waals surface area contributed by atoms with Crippen molar-refractivity contribution in [3.05, 3.63) is 36.5 Å². The maximum absolute atomic E-state index is 13.0. The molecule has 0 radical (unpaired) electrons. The van der Waals surface area contributed by atoms with Crippen molar-refractivity contribution in [3.8, 4) is 0 Å². The van der Waals surface area contributed by atoms with Gasteiger partial charge in [-0.1, -0.05) is 230 Å². The molecule has 0 aromatic carbocycles. The molecule has 13 heteroatoms. The lowest BCUT2D eigenvalue weighted by Crippen LogP contribution is -2.60. The number of aliphatic hydroxyl groups excluding tert-OH is 3. The summed E-state index contributed by atoms with van der Waals surface area (Å²) in [4.78, 5) is 13.0. The smallest absolute Gasteiger partial charge is 0.397 e. The van der Waals surface area contributed by atoms with Gasteiger partial charge in [0.05, 0.1) is 19.8 Å². The lowest BCUT2D eigenvalue weighted by molar-refractivity contribution is -0.301. The average molecular weight is 1040 g/mol. The molecule has 1 aliphatic heterocycles. The first-order chi connectivity index (χ1) is 35.1. The van der Waals surface area contributed by atoms with E-state index in [1.165, 1.54) is 199 Å². The van der Waals surface area contributed by atoms with Crippen molar-refractivity contribution in [1.29, 1.82) is 0 Å². The highest BCUT2D eigenvalue weighted by atomic mass is 32.3. The second-order valence-corrected chi connectivity index (χ2v) is 21.6. The van der Waals surface area contributed by atoms with Crippen molar-refractivity contribution in [2.45, 2.75) is 307 Å². The lowest BCUT2D eigenvalue weighted by atomic mass is 9.99. The molecular weight excluding hydrogens is 933 g/mol. The molecule has 1 aliphatic rings. The summed E-state index contributed by atoms with van der Waals surface area (Å²) in [5, 5.41) is 30.9. The molecule has 1 saturated heterocycles. The minimum absolute atomic E-state index is 0.0375.